The topological polar surface area (TPSA) is 61.0 Å². The van der Waals surface area contributed by atoms with Crippen LogP contribution in [0.2, 0.25) is 0 Å². The van der Waals surface area contributed by atoms with Crippen LogP contribution < -0.4 is 10.9 Å². The number of hydrogen-bond acceptors (Lipinski definition) is 3. The molecule has 0 unspecified atom stereocenters. The van der Waals surface area contributed by atoms with Crippen LogP contribution in [0.1, 0.15) is 27.8 Å². The van der Waals surface area contributed by atoms with Crippen LogP contribution in [0.25, 0.3) is 10.9 Å². The van der Waals surface area contributed by atoms with E-state index in [1.165, 1.54) is 5.56 Å². The Hall–Kier alpha value is -3.51. The maximum atomic E-state index is 12.8. The van der Waals surface area contributed by atoms with E-state index < -0.39 is 0 Å². The highest BCUT2D eigenvalue weighted by Crippen LogP contribution is 2.20. The molecular weight excluding hydrogens is 416 g/mol. The van der Waals surface area contributed by atoms with Gasteiger partial charge in [-0.2, -0.15) is 0 Å². The lowest BCUT2D eigenvalue weighted by Gasteiger charge is -2.26. The smallest absolute Gasteiger partial charge is 0.253 e. The molecule has 0 saturated heterocycles. The first kappa shape index (κ1) is 21.7. The fourth-order valence-corrected chi connectivity index (χ4v) is 3.93. The van der Waals surface area contributed by atoms with E-state index in [0.29, 0.717) is 23.8 Å². The third kappa shape index (κ3) is 4.86. The van der Waals surface area contributed by atoms with E-state index in [-0.39, 0.29) is 5.56 Å². The van der Waals surface area contributed by atoms with E-state index in [0.717, 1.165) is 33.3 Å². The largest absolute Gasteiger partial charge is 0.340 e. The Labute approximate surface area is 193 Å². The van der Waals surface area contributed by atoms with Gasteiger partial charge in [0.25, 0.3) is 5.56 Å². The number of thiocarbonyl (C=S) groups is 1. The van der Waals surface area contributed by atoms with Crippen molar-refractivity contribution in [2.75, 3.05) is 5.32 Å². The first-order valence-corrected chi connectivity index (χ1v) is 10.9. The average Bonchev–Trinajstić information content (AvgIpc) is 2.78. The molecule has 0 atom stereocenters. The maximum Gasteiger partial charge on any atom is 0.253 e. The molecule has 0 aliphatic carbocycles. The van der Waals surface area contributed by atoms with Crippen LogP contribution in [0.3, 0.4) is 0 Å². The van der Waals surface area contributed by atoms with E-state index in [9.17, 15) is 4.79 Å². The van der Waals surface area contributed by atoms with Crippen molar-refractivity contribution in [1.29, 1.82) is 0 Å². The number of rotatable bonds is 5. The molecule has 2 heterocycles. The van der Waals surface area contributed by atoms with E-state index >= 15 is 0 Å². The summed E-state index contributed by atoms with van der Waals surface area (Å²) in [4.78, 5) is 22.1. The predicted molar refractivity (Wildman–Crippen MR) is 135 cm³/mol. The van der Waals surface area contributed by atoms with Gasteiger partial charge in [0.15, 0.2) is 5.11 Å². The van der Waals surface area contributed by atoms with Gasteiger partial charge in [0.1, 0.15) is 0 Å². The Morgan fingerprint density at radius 3 is 2.69 bits per heavy atom. The first-order valence-electron chi connectivity index (χ1n) is 10.5. The van der Waals surface area contributed by atoms with Crippen molar-refractivity contribution in [3.63, 3.8) is 0 Å². The van der Waals surface area contributed by atoms with Crippen molar-refractivity contribution in [2.24, 2.45) is 0 Å². The van der Waals surface area contributed by atoms with Gasteiger partial charge in [0.2, 0.25) is 0 Å². The number of nitrogens with zero attached hydrogens (tertiary/aromatic N) is 2. The molecule has 0 saturated carbocycles. The molecule has 2 N–H and O–H groups in total. The molecule has 0 bridgehead atoms. The summed E-state index contributed by atoms with van der Waals surface area (Å²) in [7, 11) is 0. The molecule has 2 aromatic carbocycles. The summed E-state index contributed by atoms with van der Waals surface area (Å²) in [5.74, 6) is 0. The van der Waals surface area contributed by atoms with Gasteiger partial charge in [-0.05, 0) is 85.4 Å². The second-order valence-corrected chi connectivity index (χ2v) is 8.50. The molecule has 32 heavy (non-hydrogen) atoms. The number of H-pyrrole nitrogens is 1. The number of pyridine rings is 2. The first-order chi connectivity index (χ1) is 15.4. The van der Waals surface area contributed by atoms with E-state index in [1.54, 1.807) is 6.20 Å². The van der Waals surface area contributed by atoms with Crippen molar-refractivity contribution in [1.82, 2.24) is 14.9 Å². The molecule has 0 radical (unpaired) electrons. The highest BCUT2D eigenvalue weighted by Gasteiger charge is 2.15. The quantitative estimate of drug-likeness (QED) is 0.414. The maximum absolute atomic E-state index is 12.8. The van der Waals surface area contributed by atoms with Crippen molar-refractivity contribution < 1.29 is 0 Å². The zero-order chi connectivity index (χ0) is 22.7. The highest BCUT2D eigenvalue weighted by molar-refractivity contribution is 7.80. The number of aromatic nitrogens is 2. The standard InChI is InChI=1S/C26H26N4OS/c1-17-9-10-24-21(12-17)13-22(25(31)28-24)16-30(15-20-7-5-11-27-14-20)26(32)29-23-8-4-6-18(2)19(23)3/h4-14H,15-16H2,1-3H3,(H,28,31)(H,29,32). The number of benzene rings is 2. The molecule has 6 heteroatoms. The molecule has 0 amide bonds. The summed E-state index contributed by atoms with van der Waals surface area (Å²) in [6.07, 6.45) is 3.57. The SMILES string of the molecule is Cc1ccc2[nH]c(=O)c(CN(Cc3cccnc3)C(=S)Nc3cccc(C)c3C)cc2c1. The molecule has 5 nitrogen and oxygen atoms in total. The summed E-state index contributed by atoms with van der Waals surface area (Å²) in [6, 6.07) is 18.0. The highest BCUT2D eigenvalue weighted by atomic mass is 32.1. The van der Waals surface area contributed by atoms with Gasteiger partial charge in [-0.15, -0.1) is 0 Å². The van der Waals surface area contributed by atoms with E-state index in [4.69, 9.17) is 12.2 Å². The Kier molecular flexibility index (Phi) is 6.32. The summed E-state index contributed by atoms with van der Waals surface area (Å²) in [5, 5.41) is 4.95. The van der Waals surface area contributed by atoms with Gasteiger partial charge >= 0.3 is 0 Å². The third-order valence-corrected chi connectivity index (χ3v) is 6.03. The fourth-order valence-electron chi connectivity index (χ4n) is 3.69. The van der Waals surface area contributed by atoms with Crippen LogP contribution in [-0.2, 0) is 13.1 Å². The minimum atomic E-state index is -0.105. The number of anilines is 1. The van der Waals surface area contributed by atoms with Crippen molar-refractivity contribution in [2.45, 2.75) is 33.9 Å². The van der Waals surface area contributed by atoms with Crippen LogP contribution in [-0.4, -0.2) is 20.0 Å². The zero-order valence-electron chi connectivity index (χ0n) is 18.5. The predicted octanol–water partition coefficient (Wildman–Crippen LogP) is 5.25. The molecule has 0 fully saturated rings. The third-order valence-electron chi connectivity index (χ3n) is 5.67. The Morgan fingerprint density at radius 2 is 1.91 bits per heavy atom. The number of aromatic amines is 1. The Morgan fingerprint density at radius 1 is 1.06 bits per heavy atom. The number of hydrogen-bond donors (Lipinski definition) is 2. The van der Waals surface area contributed by atoms with Gasteiger partial charge in [0.05, 0.1) is 6.54 Å². The van der Waals surface area contributed by atoms with E-state index in [2.05, 4.69) is 41.3 Å². The van der Waals surface area contributed by atoms with E-state index in [1.807, 2.05) is 60.5 Å². The molecule has 0 aliphatic rings. The molecule has 4 aromatic rings. The lowest BCUT2D eigenvalue weighted by molar-refractivity contribution is 0.410. The average molecular weight is 443 g/mol. The van der Waals surface area contributed by atoms with Gasteiger partial charge < -0.3 is 15.2 Å². The van der Waals surface area contributed by atoms with Gasteiger partial charge in [-0.3, -0.25) is 9.78 Å². The lowest BCUT2D eigenvalue weighted by Crippen LogP contribution is -2.35. The molecular formula is C26H26N4OS. The molecule has 2 aromatic heterocycles. The number of nitrogens with one attached hydrogen (secondary N) is 2. The molecule has 4 rings (SSSR count). The van der Waals surface area contributed by atoms with Crippen molar-refractivity contribution in [3.05, 3.63) is 105 Å². The Bertz CT molecular complexity index is 1330. The minimum absolute atomic E-state index is 0.105. The summed E-state index contributed by atoms with van der Waals surface area (Å²) < 4.78 is 0. The van der Waals surface area contributed by atoms with Crippen LogP contribution in [0, 0.1) is 20.8 Å². The summed E-state index contributed by atoms with van der Waals surface area (Å²) >= 11 is 5.80. The Balaban J connectivity index is 1.67. The van der Waals surface area contributed by atoms with Gasteiger partial charge in [-0.1, -0.05) is 29.8 Å². The number of aryl methyl sites for hydroxylation is 2. The van der Waals surface area contributed by atoms with Crippen LogP contribution >= 0.6 is 12.2 Å². The van der Waals surface area contributed by atoms with Crippen molar-refractivity contribution in [3.8, 4) is 0 Å². The van der Waals surface area contributed by atoms with Crippen LogP contribution in [0.4, 0.5) is 5.69 Å². The molecule has 162 valence electrons. The lowest BCUT2D eigenvalue weighted by atomic mass is 10.1. The minimum Gasteiger partial charge on any atom is -0.340 e. The molecule has 0 aliphatic heterocycles. The fraction of sp³-hybridized carbons (Fsp3) is 0.192. The van der Waals surface area contributed by atoms with Crippen molar-refractivity contribution >= 4 is 33.9 Å². The monoisotopic (exact) mass is 442 g/mol. The normalized spacial score (nSPS) is 10.8. The van der Waals surface area contributed by atoms with Gasteiger partial charge in [-0.25, -0.2) is 0 Å². The summed E-state index contributed by atoms with van der Waals surface area (Å²) in [5.41, 5.74) is 6.87. The van der Waals surface area contributed by atoms with Gasteiger partial charge in [0, 0.05) is 35.7 Å². The second-order valence-electron chi connectivity index (χ2n) is 8.11. The molecule has 0 spiro atoms. The second kappa shape index (κ2) is 9.32. The number of fused-ring (bicyclic) bond motifs is 1. The zero-order valence-corrected chi connectivity index (χ0v) is 19.3. The summed E-state index contributed by atoms with van der Waals surface area (Å²) in [6.45, 7) is 7.11. The van der Waals surface area contributed by atoms with Crippen LogP contribution in [0.15, 0.2) is 71.8 Å². The van der Waals surface area contributed by atoms with Crippen LogP contribution in [0.5, 0.6) is 0 Å².